The molecule has 0 aliphatic carbocycles. The van der Waals surface area contributed by atoms with Crippen LogP contribution in [0.15, 0.2) is 41.2 Å². The van der Waals surface area contributed by atoms with Gasteiger partial charge in [-0.25, -0.2) is 4.98 Å². The number of nitrogens with one attached hydrogen (secondary N) is 1. The number of amides is 2. The summed E-state index contributed by atoms with van der Waals surface area (Å²) in [6.45, 7) is 0.954. The SMILES string of the molecule is O=C(Nc1nc2c(s1)CN(C(=O)c1ccc(Cl)cc1Cl)CC2)c1ccoc1. The Hall–Kier alpha value is -2.35. The number of rotatable bonds is 3. The highest BCUT2D eigenvalue weighted by molar-refractivity contribution is 7.15. The van der Waals surface area contributed by atoms with E-state index in [-0.39, 0.29) is 11.8 Å². The molecule has 27 heavy (non-hydrogen) atoms. The number of benzene rings is 1. The van der Waals surface area contributed by atoms with Crippen LogP contribution < -0.4 is 5.32 Å². The van der Waals surface area contributed by atoms with Crippen LogP contribution in [0.25, 0.3) is 0 Å². The van der Waals surface area contributed by atoms with Crippen LogP contribution >= 0.6 is 34.5 Å². The lowest BCUT2D eigenvalue weighted by Gasteiger charge is -2.26. The Morgan fingerprint density at radius 1 is 1.26 bits per heavy atom. The summed E-state index contributed by atoms with van der Waals surface area (Å²) >= 11 is 13.4. The molecular formula is C18H13Cl2N3O3S. The third-order valence-corrected chi connectivity index (χ3v) is 5.73. The first-order chi connectivity index (χ1) is 13.0. The monoisotopic (exact) mass is 421 g/mol. The fourth-order valence-electron chi connectivity index (χ4n) is 2.82. The number of hydrogen-bond acceptors (Lipinski definition) is 5. The van der Waals surface area contributed by atoms with Gasteiger partial charge in [-0.15, -0.1) is 0 Å². The summed E-state index contributed by atoms with van der Waals surface area (Å²) in [6.07, 6.45) is 3.43. The van der Waals surface area contributed by atoms with Crippen LogP contribution in [0.5, 0.6) is 0 Å². The van der Waals surface area contributed by atoms with E-state index in [1.165, 1.54) is 23.9 Å². The number of furan rings is 1. The normalized spacial score (nSPS) is 13.3. The Kier molecular flexibility index (Phi) is 4.90. The topological polar surface area (TPSA) is 75.4 Å². The van der Waals surface area contributed by atoms with Gasteiger partial charge in [0.15, 0.2) is 5.13 Å². The molecule has 0 atom stereocenters. The smallest absolute Gasteiger partial charge is 0.260 e. The first-order valence-electron chi connectivity index (χ1n) is 8.07. The van der Waals surface area contributed by atoms with Gasteiger partial charge in [0.2, 0.25) is 0 Å². The maximum atomic E-state index is 12.8. The number of halogens is 2. The summed E-state index contributed by atoms with van der Waals surface area (Å²) in [4.78, 5) is 32.0. The van der Waals surface area contributed by atoms with Gasteiger partial charge in [-0.3, -0.25) is 14.9 Å². The third-order valence-electron chi connectivity index (χ3n) is 4.18. The predicted molar refractivity (Wildman–Crippen MR) is 104 cm³/mol. The molecule has 3 aromatic rings. The quantitative estimate of drug-likeness (QED) is 0.675. The molecule has 0 radical (unpaired) electrons. The minimum absolute atomic E-state index is 0.153. The lowest BCUT2D eigenvalue weighted by atomic mass is 10.1. The Morgan fingerprint density at radius 2 is 2.11 bits per heavy atom. The van der Waals surface area contributed by atoms with E-state index in [4.69, 9.17) is 27.6 Å². The summed E-state index contributed by atoms with van der Waals surface area (Å²) in [5, 5.41) is 4.08. The number of nitrogens with zero attached hydrogens (tertiary/aromatic N) is 2. The van der Waals surface area contributed by atoms with Gasteiger partial charge in [-0.1, -0.05) is 34.5 Å². The van der Waals surface area contributed by atoms with Crippen molar-refractivity contribution >= 4 is 51.5 Å². The molecule has 1 aliphatic heterocycles. The van der Waals surface area contributed by atoms with Gasteiger partial charge < -0.3 is 9.32 Å². The standard InChI is InChI=1S/C18H13Cl2N3O3S/c19-11-1-2-12(13(20)7-11)17(25)23-5-3-14-15(8-23)27-18(21-14)22-16(24)10-4-6-26-9-10/h1-2,4,6-7,9H,3,5,8H2,(H,21,22,24). The van der Waals surface area contributed by atoms with Gasteiger partial charge >= 0.3 is 0 Å². The van der Waals surface area contributed by atoms with Crippen LogP contribution in [0.3, 0.4) is 0 Å². The van der Waals surface area contributed by atoms with Gasteiger partial charge in [0.05, 0.1) is 34.7 Å². The van der Waals surface area contributed by atoms with Gasteiger partial charge in [0.25, 0.3) is 11.8 Å². The summed E-state index contributed by atoms with van der Waals surface area (Å²) < 4.78 is 4.91. The van der Waals surface area contributed by atoms with Crippen molar-refractivity contribution in [2.75, 3.05) is 11.9 Å². The minimum Gasteiger partial charge on any atom is -0.472 e. The van der Waals surface area contributed by atoms with Crippen LogP contribution in [-0.4, -0.2) is 28.2 Å². The molecule has 2 amide bonds. The second-order valence-corrected chi connectivity index (χ2v) is 7.88. The summed E-state index contributed by atoms with van der Waals surface area (Å²) in [6, 6.07) is 6.42. The summed E-state index contributed by atoms with van der Waals surface area (Å²) in [5.41, 5.74) is 1.74. The molecule has 1 N–H and O–H groups in total. The highest BCUT2D eigenvalue weighted by Crippen LogP contribution is 2.30. The fourth-order valence-corrected chi connectivity index (χ4v) is 4.33. The number of anilines is 1. The second kappa shape index (κ2) is 7.34. The number of aromatic nitrogens is 1. The Labute approximate surface area is 168 Å². The zero-order valence-corrected chi connectivity index (χ0v) is 16.2. The number of hydrogen-bond donors (Lipinski definition) is 1. The van der Waals surface area contributed by atoms with Crippen molar-refractivity contribution in [1.82, 2.24) is 9.88 Å². The van der Waals surface area contributed by atoms with E-state index in [9.17, 15) is 9.59 Å². The largest absolute Gasteiger partial charge is 0.472 e. The molecule has 0 bridgehead atoms. The molecule has 4 rings (SSSR count). The molecule has 1 aromatic carbocycles. The first kappa shape index (κ1) is 18.0. The summed E-state index contributed by atoms with van der Waals surface area (Å²) in [5.74, 6) is -0.435. The van der Waals surface area contributed by atoms with Crippen molar-refractivity contribution in [1.29, 1.82) is 0 Å². The van der Waals surface area contributed by atoms with Crippen LogP contribution in [0.1, 0.15) is 31.3 Å². The van der Waals surface area contributed by atoms with Crippen molar-refractivity contribution in [3.63, 3.8) is 0 Å². The molecule has 0 fully saturated rings. The number of carbonyl (C=O) groups excluding carboxylic acids is 2. The maximum Gasteiger partial charge on any atom is 0.260 e. The molecule has 0 spiro atoms. The Bertz CT molecular complexity index is 1020. The molecule has 0 unspecified atom stereocenters. The van der Waals surface area contributed by atoms with Crippen LogP contribution in [0, 0.1) is 0 Å². The van der Waals surface area contributed by atoms with E-state index in [0.717, 1.165) is 10.6 Å². The highest BCUT2D eigenvalue weighted by atomic mass is 35.5. The van der Waals surface area contributed by atoms with E-state index < -0.39 is 0 Å². The number of thiazole rings is 1. The molecule has 9 heteroatoms. The van der Waals surface area contributed by atoms with Gasteiger partial charge in [-0.05, 0) is 24.3 Å². The zero-order chi connectivity index (χ0) is 19.0. The molecular weight excluding hydrogens is 409 g/mol. The van der Waals surface area contributed by atoms with E-state index in [1.54, 1.807) is 29.2 Å². The number of fused-ring (bicyclic) bond motifs is 1. The van der Waals surface area contributed by atoms with Crippen molar-refractivity contribution in [3.05, 3.63) is 68.5 Å². The molecule has 138 valence electrons. The molecule has 3 heterocycles. The number of carbonyl (C=O) groups is 2. The van der Waals surface area contributed by atoms with E-state index in [1.807, 2.05) is 0 Å². The zero-order valence-electron chi connectivity index (χ0n) is 13.9. The van der Waals surface area contributed by atoms with Gasteiger partial charge in [-0.2, -0.15) is 0 Å². The lowest BCUT2D eigenvalue weighted by Crippen LogP contribution is -2.35. The van der Waals surface area contributed by atoms with Crippen molar-refractivity contribution < 1.29 is 14.0 Å². The predicted octanol–water partition coefficient (Wildman–Crippen LogP) is 4.49. The fraction of sp³-hybridized carbons (Fsp3) is 0.167. The lowest BCUT2D eigenvalue weighted by molar-refractivity contribution is 0.0736. The van der Waals surface area contributed by atoms with Gasteiger partial charge in [0, 0.05) is 22.9 Å². The molecule has 0 saturated heterocycles. The Morgan fingerprint density at radius 3 is 2.85 bits per heavy atom. The molecule has 1 aliphatic rings. The summed E-state index contributed by atoms with van der Waals surface area (Å²) in [7, 11) is 0. The Balaban J connectivity index is 1.49. The van der Waals surface area contributed by atoms with E-state index in [2.05, 4.69) is 10.3 Å². The van der Waals surface area contributed by atoms with Crippen LogP contribution in [-0.2, 0) is 13.0 Å². The van der Waals surface area contributed by atoms with Crippen molar-refractivity contribution in [2.45, 2.75) is 13.0 Å². The molecule has 6 nitrogen and oxygen atoms in total. The van der Waals surface area contributed by atoms with Crippen molar-refractivity contribution in [2.24, 2.45) is 0 Å². The first-order valence-corrected chi connectivity index (χ1v) is 9.65. The van der Waals surface area contributed by atoms with Crippen LogP contribution in [0.2, 0.25) is 10.0 Å². The van der Waals surface area contributed by atoms with Gasteiger partial charge in [0.1, 0.15) is 6.26 Å². The molecule has 0 saturated carbocycles. The average Bonchev–Trinajstić information content (AvgIpc) is 3.30. The van der Waals surface area contributed by atoms with E-state index in [0.29, 0.717) is 45.8 Å². The second-order valence-electron chi connectivity index (χ2n) is 5.96. The maximum absolute atomic E-state index is 12.8. The van der Waals surface area contributed by atoms with Crippen LogP contribution in [0.4, 0.5) is 5.13 Å². The minimum atomic E-state index is -0.282. The highest BCUT2D eigenvalue weighted by Gasteiger charge is 2.26. The third kappa shape index (κ3) is 3.71. The average molecular weight is 422 g/mol. The van der Waals surface area contributed by atoms with E-state index >= 15 is 0 Å². The van der Waals surface area contributed by atoms with Crippen molar-refractivity contribution in [3.8, 4) is 0 Å². The molecule has 2 aromatic heterocycles.